The number of carbonyl (C=O) groups is 1. The second-order valence-electron chi connectivity index (χ2n) is 9.49. The van der Waals surface area contributed by atoms with Crippen molar-refractivity contribution >= 4 is 45.1 Å². The summed E-state index contributed by atoms with van der Waals surface area (Å²) in [5.41, 5.74) is -1.73. The number of benzene rings is 1. The zero-order chi connectivity index (χ0) is 25.8. The molecule has 8 nitrogen and oxygen atoms in total. The van der Waals surface area contributed by atoms with Gasteiger partial charge in [0.25, 0.3) is 0 Å². The molecule has 3 aromatic rings. The van der Waals surface area contributed by atoms with E-state index in [1.807, 2.05) is 27.7 Å². The molecule has 1 aliphatic heterocycles. The molecule has 0 unspecified atom stereocenters. The van der Waals surface area contributed by atoms with E-state index in [0.29, 0.717) is 22.9 Å². The highest BCUT2D eigenvalue weighted by atomic mass is 32.2. The molecule has 0 spiro atoms. The van der Waals surface area contributed by atoms with Crippen LogP contribution in [0.25, 0.3) is 11.0 Å². The Bertz CT molecular complexity index is 1410. The molecule has 4 rings (SSSR count). The number of H-pyrrole nitrogens is 1. The number of sulfonamides is 1. The summed E-state index contributed by atoms with van der Waals surface area (Å²) >= 11 is 0. The molecule has 0 aliphatic carbocycles. The number of aromatic amines is 1. The highest BCUT2D eigenvalue weighted by molar-refractivity contribution is 7.92. The third kappa shape index (κ3) is 4.57. The number of pyridine rings is 1. The number of rotatable bonds is 7. The molecular formula is C23H26BF2N3O5S. The Kier molecular flexibility index (Phi) is 6.27. The van der Waals surface area contributed by atoms with Gasteiger partial charge in [0.05, 0.1) is 28.2 Å². The minimum Gasteiger partial charge on any atom is -0.399 e. The molecule has 1 fully saturated rings. The van der Waals surface area contributed by atoms with Crippen LogP contribution in [-0.4, -0.2) is 48.2 Å². The summed E-state index contributed by atoms with van der Waals surface area (Å²) in [7, 11) is -4.60. The van der Waals surface area contributed by atoms with Gasteiger partial charge in [-0.05, 0) is 52.3 Å². The standard InChI is InChI=1S/C23H26BF2N3O5S/c1-6-9-35(31,32)29-17-8-7-16(25)18(19(17)26)20(30)15-12-28-21-14(15)10-13(11-27-21)24-33-22(2,3)23(4,5)34-24/h7-8,10-12,29H,6,9H2,1-5H3,(H,27,28). The van der Waals surface area contributed by atoms with Gasteiger partial charge in [-0.3, -0.25) is 9.52 Å². The van der Waals surface area contributed by atoms with Crippen LogP contribution < -0.4 is 10.2 Å². The summed E-state index contributed by atoms with van der Waals surface area (Å²) in [5.74, 6) is -3.62. The monoisotopic (exact) mass is 505 g/mol. The third-order valence-electron chi connectivity index (χ3n) is 6.38. The van der Waals surface area contributed by atoms with E-state index in [9.17, 15) is 17.6 Å². The third-order valence-corrected chi connectivity index (χ3v) is 7.86. The molecular weight excluding hydrogens is 479 g/mol. The highest BCUT2D eigenvalue weighted by Crippen LogP contribution is 2.36. The van der Waals surface area contributed by atoms with Gasteiger partial charge in [-0.15, -0.1) is 0 Å². The predicted molar refractivity (Wildman–Crippen MR) is 129 cm³/mol. The molecule has 35 heavy (non-hydrogen) atoms. The van der Waals surface area contributed by atoms with E-state index in [2.05, 4.69) is 14.7 Å². The fourth-order valence-electron chi connectivity index (χ4n) is 3.78. The van der Waals surface area contributed by atoms with Crippen LogP contribution in [0.2, 0.25) is 0 Å². The number of fused-ring (bicyclic) bond motifs is 1. The summed E-state index contributed by atoms with van der Waals surface area (Å²) in [6.07, 6.45) is 3.15. The largest absolute Gasteiger partial charge is 0.496 e. The Hall–Kier alpha value is -2.83. The van der Waals surface area contributed by atoms with Gasteiger partial charge in [0.2, 0.25) is 15.8 Å². The predicted octanol–water partition coefficient (Wildman–Crippen LogP) is 3.52. The lowest BCUT2D eigenvalue weighted by atomic mass is 9.79. The van der Waals surface area contributed by atoms with E-state index in [0.717, 1.165) is 12.1 Å². The smallest absolute Gasteiger partial charge is 0.399 e. The number of ketones is 1. The van der Waals surface area contributed by atoms with E-state index in [4.69, 9.17) is 9.31 Å². The van der Waals surface area contributed by atoms with Crippen LogP contribution >= 0.6 is 0 Å². The van der Waals surface area contributed by atoms with E-state index >= 15 is 4.39 Å². The van der Waals surface area contributed by atoms with Crippen molar-refractivity contribution in [2.24, 2.45) is 0 Å². The van der Waals surface area contributed by atoms with Gasteiger partial charge in [-0.25, -0.2) is 22.2 Å². The lowest BCUT2D eigenvalue weighted by molar-refractivity contribution is 0.00578. The van der Waals surface area contributed by atoms with Gasteiger partial charge in [-0.1, -0.05) is 6.92 Å². The van der Waals surface area contributed by atoms with Crippen molar-refractivity contribution < 1.29 is 31.3 Å². The lowest BCUT2D eigenvalue weighted by Crippen LogP contribution is -2.41. The van der Waals surface area contributed by atoms with Crippen molar-refractivity contribution in [3.8, 4) is 0 Å². The van der Waals surface area contributed by atoms with Crippen molar-refractivity contribution in [1.29, 1.82) is 0 Å². The molecule has 12 heteroatoms. The average molecular weight is 505 g/mol. The Morgan fingerprint density at radius 2 is 1.83 bits per heavy atom. The second kappa shape index (κ2) is 8.68. The summed E-state index contributed by atoms with van der Waals surface area (Å²) in [4.78, 5) is 20.4. The fraction of sp³-hybridized carbons (Fsp3) is 0.391. The Morgan fingerprint density at radius 1 is 1.17 bits per heavy atom. The molecule has 0 amide bonds. The average Bonchev–Trinajstić information content (AvgIpc) is 3.27. The number of hydrogen-bond donors (Lipinski definition) is 2. The highest BCUT2D eigenvalue weighted by Gasteiger charge is 2.51. The summed E-state index contributed by atoms with van der Waals surface area (Å²) in [5, 5.41) is 0.318. The van der Waals surface area contributed by atoms with Crippen LogP contribution in [0.4, 0.5) is 14.5 Å². The molecule has 3 heterocycles. The quantitative estimate of drug-likeness (QED) is 0.376. The molecule has 0 bridgehead atoms. The van der Waals surface area contributed by atoms with E-state index in [1.54, 1.807) is 19.2 Å². The van der Waals surface area contributed by atoms with Crippen molar-refractivity contribution in [3.05, 3.63) is 53.4 Å². The molecule has 0 radical (unpaired) electrons. The maximum Gasteiger partial charge on any atom is 0.496 e. The van der Waals surface area contributed by atoms with Gasteiger partial charge >= 0.3 is 7.12 Å². The summed E-state index contributed by atoms with van der Waals surface area (Å²) in [6, 6.07) is 3.42. The number of hydrogen-bond acceptors (Lipinski definition) is 6. The first-order valence-corrected chi connectivity index (χ1v) is 12.8. The van der Waals surface area contributed by atoms with Crippen molar-refractivity contribution in [2.45, 2.75) is 52.2 Å². The van der Waals surface area contributed by atoms with Gasteiger partial charge in [-0.2, -0.15) is 0 Å². The molecule has 1 saturated heterocycles. The maximum absolute atomic E-state index is 15.2. The molecule has 0 atom stereocenters. The zero-order valence-corrected chi connectivity index (χ0v) is 20.8. The van der Waals surface area contributed by atoms with Crippen molar-refractivity contribution in [1.82, 2.24) is 9.97 Å². The number of anilines is 1. The summed E-state index contributed by atoms with van der Waals surface area (Å²) in [6.45, 7) is 9.25. The van der Waals surface area contributed by atoms with Crippen molar-refractivity contribution in [2.75, 3.05) is 10.5 Å². The fourth-order valence-corrected chi connectivity index (χ4v) is 4.91. The lowest BCUT2D eigenvalue weighted by Gasteiger charge is -2.32. The van der Waals surface area contributed by atoms with Crippen LogP contribution in [0.1, 0.15) is 57.0 Å². The van der Waals surface area contributed by atoms with Crippen molar-refractivity contribution in [3.63, 3.8) is 0 Å². The number of carbonyl (C=O) groups excluding carboxylic acids is 1. The minimum absolute atomic E-state index is 0.0303. The topological polar surface area (TPSA) is 110 Å². The molecule has 1 aromatic carbocycles. The Labute approximate surface area is 202 Å². The van der Waals surface area contributed by atoms with Crippen LogP contribution in [-0.2, 0) is 19.3 Å². The number of aromatic nitrogens is 2. The maximum atomic E-state index is 15.2. The molecule has 2 N–H and O–H groups in total. The minimum atomic E-state index is -3.85. The first kappa shape index (κ1) is 25.3. The normalized spacial score (nSPS) is 17.2. The number of halogens is 2. The Morgan fingerprint density at radius 3 is 2.46 bits per heavy atom. The van der Waals surface area contributed by atoms with Crippen LogP contribution in [0, 0.1) is 11.6 Å². The molecule has 186 valence electrons. The Balaban J connectivity index is 1.74. The van der Waals surface area contributed by atoms with Crippen LogP contribution in [0.5, 0.6) is 0 Å². The molecule has 1 aliphatic rings. The first-order valence-electron chi connectivity index (χ1n) is 11.1. The molecule has 0 saturated carbocycles. The van der Waals surface area contributed by atoms with E-state index in [-0.39, 0.29) is 11.3 Å². The van der Waals surface area contributed by atoms with Gasteiger partial charge in [0.1, 0.15) is 11.5 Å². The number of nitrogens with zero attached hydrogens (tertiary/aromatic N) is 1. The van der Waals surface area contributed by atoms with Gasteiger partial charge < -0.3 is 14.3 Å². The van der Waals surface area contributed by atoms with Gasteiger partial charge in [0.15, 0.2) is 5.82 Å². The first-order chi connectivity index (χ1) is 16.3. The van der Waals surface area contributed by atoms with E-state index in [1.165, 1.54) is 6.20 Å². The summed E-state index contributed by atoms with van der Waals surface area (Å²) < 4.78 is 68.2. The molecule has 2 aromatic heterocycles. The number of nitrogens with one attached hydrogen (secondary N) is 2. The van der Waals surface area contributed by atoms with Gasteiger partial charge in [0, 0.05) is 28.8 Å². The SMILES string of the molecule is CCCS(=O)(=O)Nc1ccc(F)c(C(=O)c2c[nH]c3ncc(B4OC(C)(C)C(C)(C)O4)cc23)c1F. The zero-order valence-electron chi connectivity index (χ0n) is 20.0. The van der Waals surface area contributed by atoms with E-state index < -0.39 is 57.0 Å². The second-order valence-corrected chi connectivity index (χ2v) is 11.3. The van der Waals surface area contributed by atoms with Crippen LogP contribution in [0.3, 0.4) is 0 Å². The van der Waals surface area contributed by atoms with Crippen LogP contribution in [0.15, 0.2) is 30.6 Å².